The minimum atomic E-state index is -0.552. The first-order valence-corrected chi connectivity index (χ1v) is 4.38. The number of nitrogens with one attached hydrogen (secondary N) is 1. The first-order chi connectivity index (χ1) is 6.74. The van der Waals surface area contributed by atoms with E-state index in [0.29, 0.717) is 18.8 Å². The van der Waals surface area contributed by atoms with Gasteiger partial charge < -0.3 is 15.5 Å². The van der Waals surface area contributed by atoms with Crippen LogP contribution in [-0.2, 0) is 6.54 Å². The molecule has 78 valence electrons. The van der Waals surface area contributed by atoms with Gasteiger partial charge in [0.05, 0.1) is 12.6 Å². The van der Waals surface area contributed by atoms with E-state index < -0.39 is 4.92 Å². The summed E-state index contributed by atoms with van der Waals surface area (Å²) in [5, 5.41) is 13.3. The largest absolute Gasteiger partial charge is 0.433 e. The maximum absolute atomic E-state index is 10.3. The van der Waals surface area contributed by atoms with Gasteiger partial charge in [0.1, 0.15) is 10.7 Å². The summed E-state index contributed by atoms with van der Waals surface area (Å²) in [5.41, 5.74) is 5.30. The number of hydrogen-bond acceptors (Lipinski definition) is 5. The fraction of sp³-hybridized carbons (Fsp3) is 0.500. The Bertz CT molecular complexity index is 298. The summed E-state index contributed by atoms with van der Waals surface area (Å²) >= 11 is 0. The number of furan rings is 1. The third-order valence-electron chi connectivity index (χ3n) is 1.68. The molecular weight excluding hydrogens is 186 g/mol. The summed E-state index contributed by atoms with van der Waals surface area (Å²) < 4.78 is 4.93. The van der Waals surface area contributed by atoms with Crippen molar-refractivity contribution in [1.29, 1.82) is 0 Å². The van der Waals surface area contributed by atoms with Gasteiger partial charge >= 0.3 is 5.88 Å². The van der Waals surface area contributed by atoms with Gasteiger partial charge in [0.2, 0.25) is 0 Å². The Balaban J connectivity index is 2.33. The quantitative estimate of drug-likeness (QED) is 0.398. The van der Waals surface area contributed by atoms with Crippen molar-refractivity contribution in [3.05, 3.63) is 28.0 Å². The monoisotopic (exact) mass is 199 g/mol. The van der Waals surface area contributed by atoms with Crippen LogP contribution in [0.15, 0.2) is 16.5 Å². The molecule has 1 rings (SSSR count). The Hall–Kier alpha value is -1.40. The molecule has 0 aliphatic carbocycles. The van der Waals surface area contributed by atoms with Crippen LogP contribution in [0.1, 0.15) is 12.2 Å². The zero-order valence-electron chi connectivity index (χ0n) is 7.73. The molecule has 0 saturated heterocycles. The van der Waals surface area contributed by atoms with Gasteiger partial charge in [-0.2, -0.15) is 0 Å². The van der Waals surface area contributed by atoms with Crippen LogP contribution in [0.5, 0.6) is 0 Å². The molecule has 0 aliphatic heterocycles. The van der Waals surface area contributed by atoms with E-state index in [1.54, 1.807) is 6.07 Å². The molecule has 6 heteroatoms. The predicted molar refractivity (Wildman–Crippen MR) is 50.7 cm³/mol. The van der Waals surface area contributed by atoms with E-state index >= 15 is 0 Å². The molecule has 0 saturated carbocycles. The van der Waals surface area contributed by atoms with Crippen molar-refractivity contribution in [3.8, 4) is 0 Å². The average Bonchev–Trinajstić information content (AvgIpc) is 2.61. The highest BCUT2D eigenvalue weighted by atomic mass is 16.6. The molecule has 0 fully saturated rings. The van der Waals surface area contributed by atoms with Crippen LogP contribution in [-0.4, -0.2) is 18.0 Å². The molecule has 0 aliphatic rings. The van der Waals surface area contributed by atoms with Crippen molar-refractivity contribution in [3.63, 3.8) is 0 Å². The normalized spacial score (nSPS) is 10.4. The molecule has 0 radical (unpaired) electrons. The van der Waals surface area contributed by atoms with Crippen LogP contribution < -0.4 is 11.1 Å². The number of nitrogens with zero attached hydrogens (tertiary/aromatic N) is 1. The van der Waals surface area contributed by atoms with Crippen LogP contribution >= 0.6 is 0 Å². The Morgan fingerprint density at radius 1 is 1.57 bits per heavy atom. The highest BCUT2D eigenvalue weighted by Gasteiger charge is 2.10. The van der Waals surface area contributed by atoms with Crippen LogP contribution in [0.3, 0.4) is 0 Å². The average molecular weight is 199 g/mol. The van der Waals surface area contributed by atoms with Crippen molar-refractivity contribution >= 4 is 5.88 Å². The van der Waals surface area contributed by atoms with Crippen molar-refractivity contribution in [2.75, 3.05) is 13.1 Å². The Kier molecular flexibility index (Phi) is 4.09. The lowest BCUT2D eigenvalue weighted by molar-refractivity contribution is -0.402. The molecule has 1 aromatic heterocycles. The van der Waals surface area contributed by atoms with Crippen LogP contribution in [0, 0.1) is 10.1 Å². The van der Waals surface area contributed by atoms with Crippen molar-refractivity contribution in [1.82, 2.24) is 5.32 Å². The molecule has 3 N–H and O–H groups in total. The first-order valence-electron chi connectivity index (χ1n) is 4.38. The number of nitrogens with two attached hydrogens (primary N) is 1. The van der Waals surface area contributed by atoms with Crippen molar-refractivity contribution in [2.24, 2.45) is 5.73 Å². The highest BCUT2D eigenvalue weighted by Crippen LogP contribution is 2.14. The number of rotatable bonds is 6. The van der Waals surface area contributed by atoms with E-state index in [1.807, 2.05) is 0 Å². The van der Waals surface area contributed by atoms with E-state index in [0.717, 1.165) is 13.0 Å². The molecule has 0 amide bonds. The van der Waals surface area contributed by atoms with Gasteiger partial charge in [-0.1, -0.05) is 0 Å². The number of hydrogen-bond donors (Lipinski definition) is 2. The van der Waals surface area contributed by atoms with Gasteiger partial charge in [0.25, 0.3) is 0 Å². The van der Waals surface area contributed by atoms with E-state index in [4.69, 9.17) is 10.2 Å². The zero-order chi connectivity index (χ0) is 10.4. The summed E-state index contributed by atoms with van der Waals surface area (Å²) in [6.45, 7) is 1.91. The summed E-state index contributed by atoms with van der Waals surface area (Å²) in [6, 6.07) is 2.94. The maximum Gasteiger partial charge on any atom is 0.433 e. The fourth-order valence-corrected chi connectivity index (χ4v) is 0.998. The minimum absolute atomic E-state index is 0.222. The van der Waals surface area contributed by atoms with E-state index in [-0.39, 0.29) is 5.88 Å². The molecule has 0 aromatic carbocycles. The highest BCUT2D eigenvalue weighted by molar-refractivity contribution is 5.17. The summed E-state index contributed by atoms with van der Waals surface area (Å²) in [5.74, 6) is 0.342. The fourth-order valence-electron chi connectivity index (χ4n) is 0.998. The lowest BCUT2D eigenvalue weighted by Crippen LogP contribution is -2.17. The summed E-state index contributed by atoms with van der Waals surface area (Å²) in [6.07, 6.45) is 0.878. The lowest BCUT2D eigenvalue weighted by atomic mass is 10.4. The minimum Gasteiger partial charge on any atom is -0.404 e. The van der Waals surface area contributed by atoms with E-state index in [1.165, 1.54) is 6.07 Å². The topological polar surface area (TPSA) is 94.3 Å². The molecule has 1 aromatic rings. The molecule has 0 spiro atoms. The smallest absolute Gasteiger partial charge is 0.404 e. The molecule has 0 atom stereocenters. The SMILES string of the molecule is NCCCNCc1ccc([N+](=O)[O-])o1. The summed E-state index contributed by atoms with van der Waals surface area (Å²) in [7, 11) is 0. The maximum atomic E-state index is 10.3. The molecule has 0 bridgehead atoms. The molecular formula is C8H13N3O3. The van der Waals surface area contributed by atoms with E-state index in [2.05, 4.69) is 5.32 Å². The lowest BCUT2D eigenvalue weighted by Gasteiger charge is -1.99. The molecule has 14 heavy (non-hydrogen) atoms. The van der Waals surface area contributed by atoms with Gasteiger partial charge in [0.15, 0.2) is 0 Å². The van der Waals surface area contributed by atoms with Crippen molar-refractivity contribution < 1.29 is 9.34 Å². The second-order valence-corrected chi connectivity index (χ2v) is 2.82. The third kappa shape index (κ3) is 3.15. The van der Waals surface area contributed by atoms with Gasteiger partial charge in [0, 0.05) is 0 Å². The Labute approximate surface area is 81.2 Å². The predicted octanol–water partition coefficient (Wildman–Crippen LogP) is 0.626. The van der Waals surface area contributed by atoms with Crippen molar-refractivity contribution in [2.45, 2.75) is 13.0 Å². The van der Waals surface area contributed by atoms with Gasteiger partial charge in [-0.15, -0.1) is 0 Å². The van der Waals surface area contributed by atoms with E-state index in [9.17, 15) is 10.1 Å². The van der Waals surface area contributed by atoms with Gasteiger partial charge in [-0.05, 0) is 25.6 Å². The molecule has 0 unspecified atom stereocenters. The Morgan fingerprint density at radius 3 is 2.93 bits per heavy atom. The second kappa shape index (κ2) is 5.36. The summed E-state index contributed by atoms with van der Waals surface area (Å²) in [4.78, 5) is 9.71. The second-order valence-electron chi connectivity index (χ2n) is 2.82. The van der Waals surface area contributed by atoms with Crippen LogP contribution in [0.4, 0.5) is 5.88 Å². The van der Waals surface area contributed by atoms with Crippen LogP contribution in [0.25, 0.3) is 0 Å². The zero-order valence-corrected chi connectivity index (χ0v) is 7.73. The Morgan fingerprint density at radius 2 is 2.36 bits per heavy atom. The first kappa shape index (κ1) is 10.7. The van der Waals surface area contributed by atoms with Gasteiger partial charge in [-0.25, -0.2) is 0 Å². The third-order valence-corrected chi connectivity index (χ3v) is 1.68. The standard InChI is InChI=1S/C8H13N3O3/c9-4-1-5-10-6-7-2-3-8(14-7)11(12)13/h2-3,10H,1,4-6,9H2. The van der Waals surface area contributed by atoms with Gasteiger partial charge in [-0.3, -0.25) is 10.1 Å². The van der Waals surface area contributed by atoms with Crippen LogP contribution in [0.2, 0.25) is 0 Å². The number of nitro groups is 1. The molecule has 1 heterocycles. The molecule has 6 nitrogen and oxygen atoms in total.